The number of ether oxygens (including phenoxy) is 1. The minimum Gasteiger partial charge on any atom is -0.465 e. The number of allylic oxidation sites excluding steroid dienone is 4. The highest BCUT2D eigenvalue weighted by molar-refractivity contribution is 7.91. The summed E-state index contributed by atoms with van der Waals surface area (Å²) in [7, 11) is -2.82. The van der Waals surface area contributed by atoms with Crippen LogP contribution in [0.3, 0.4) is 0 Å². The summed E-state index contributed by atoms with van der Waals surface area (Å²) < 4.78 is 29.3. The van der Waals surface area contributed by atoms with Crippen LogP contribution in [0.4, 0.5) is 0 Å². The zero-order valence-electron chi connectivity index (χ0n) is 29.9. The molecule has 0 aromatic heterocycles. The zero-order chi connectivity index (χ0) is 32.9. The summed E-state index contributed by atoms with van der Waals surface area (Å²) in [4.78, 5) is 14.9. The van der Waals surface area contributed by atoms with E-state index in [0.717, 1.165) is 62.4 Å². The Labute approximate surface area is 285 Å². The summed E-state index contributed by atoms with van der Waals surface area (Å²) in [6.45, 7) is 14.7. The van der Waals surface area contributed by atoms with Crippen molar-refractivity contribution in [2.24, 2.45) is 51.2 Å². The van der Waals surface area contributed by atoms with Crippen molar-refractivity contribution in [3.8, 4) is 0 Å². The highest BCUT2D eigenvalue weighted by atomic mass is 32.2. The SMILES string of the molecule is CC1C(C2=CCC3(CCOC3=O)CC2)=CCC2(C)C1CCC1(C)C2CCC2C3CCCC3(NCCN3CCS(=O)(=O)CC3)CC[C@]21C. The second kappa shape index (κ2) is 11.4. The van der Waals surface area contributed by atoms with Gasteiger partial charge in [-0.3, -0.25) is 4.79 Å². The van der Waals surface area contributed by atoms with Crippen LogP contribution in [0, 0.1) is 51.2 Å². The van der Waals surface area contributed by atoms with Crippen molar-refractivity contribution in [1.29, 1.82) is 0 Å². The predicted octanol–water partition coefficient (Wildman–Crippen LogP) is 7.10. The maximum atomic E-state index is 12.5. The van der Waals surface area contributed by atoms with Gasteiger partial charge in [0.05, 0.1) is 23.5 Å². The molecule has 8 aliphatic rings. The van der Waals surface area contributed by atoms with E-state index in [2.05, 4.69) is 50.1 Å². The van der Waals surface area contributed by atoms with Gasteiger partial charge in [0.15, 0.2) is 9.84 Å². The molecular formula is C40H62N2O4S. The minimum atomic E-state index is -2.82. The summed E-state index contributed by atoms with van der Waals surface area (Å²) in [5.41, 5.74) is 4.35. The Kier molecular flexibility index (Phi) is 8.01. The normalized spacial score (nSPS) is 49.3. The second-order valence-electron chi connectivity index (χ2n) is 18.5. The first-order valence-electron chi connectivity index (χ1n) is 19.6. The molecule has 6 fully saturated rings. The smallest absolute Gasteiger partial charge is 0.312 e. The van der Waals surface area contributed by atoms with Gasteiger partial charge in [-0.05, 0) is 140 Å². The van der Waals surface area contributed by atoms with Crippen molar-refractivity contribution in [1.82, 2.24) is 10.2 Å². The van der Waals surface area contributed by atoms with E-state index in [9.17, 15) is 13.2 Å². The van der Waals surface area contributed by atoms with Crippen molar-refractivity contribution in [2.75, 3.05) is 44.3 Å². The number of cyclic esters (lactones) is 1. The lowest BCUT2D eigenvalue weighted by atomic mass is 9.34. The van der Waals surface area contributed by atoms with Gasteiger partial charge in [0, 0.05) is 31.7 Å². The Bertz CT molecular complexity index is 1440. The summed E-state index contributed by atoms with van der Waals surface area (Å²) in [5.74, 6) is 4.41. The Morgan fingerprint density at radius 2 is 1.68 bits per heavy atom. The topological polar surface area (TPSA) is 75.7 Å². The first-order valence-corrected chi connectivity index (χ1v) is 21.4. The van der Waals surface area contributed by atoms with Crippen molar-refractivity contribution < 1.29 is 17.9 Å². The standard InChI is InChI=1S/C40H62N2O4S/c1-28-30(29-9-16-39(17-10-29)20-25-46-35(39)43)11-14-36(2)31(28)12-15-38(4)34(36)8-7-32-33-6-5-13-40(33,19-18-37(32,38)3)41-21-22-42-23-26-47(44,45)27-24-42/h9,11,28,31-34,41H,5-8,10,12-27H2,1-4H3/t28?,31?,32?,33?,34?,36?,37-,38?,39?,40?/m1/s1. The molecule has 1 spiro atoms. The quantitative estimate of drug-likeness (QED) is 0.316. The van der Waals surface area contributed by atoms with Crippen molar-refractivity contribution in [3.05, 3.63) is 23.3 Å². The van der Waals surface area contributed by atoms with Crippen molar-refractivity contribution >= 4 is 15.8 Å². The monoisotopic (exact) mass is 666 g/mol. The van der Waals surface area contributed by atoms with Gasteiger partial charge >= 0.3 is 5.97 Å². The third-order valence-corrected chi connectivity index (χ3v) is 18.7. The molecule has 10 atom stereocenters. The number of sulfone groups is 1. The number of nitrogens with zero attached hydrogens (tertiary/aromatic N) is 1. The lowest BCUT2D eigenvalue weighted by molar-refractivity contribution is -0.212. The number of fused-ring (bicyclic) bond motifs is 7. The van der Waals surface area contributed by atoms with E-state index in [1.807, 2.05) is 0 Å². The van der Waals surface area contributed by atoms with Crippen LogP contribution in [0.2, 0.25) is 0 Å². The van der Waals surface area contributed by atoms with Crippen LogP contribution in [0.15, 0.2) is 23.3 Å². The van der Waals surface area contributed by atoms with Crippen LogP contribution >= 0.6 is 0 Å². The number of carbonyl (C=O) groups is 1. The van der Waals surface area contributed by atoms with Crippen LogP contribution in [-0.2, 0) is 19.4 Å². The van der Waals surface area contributed by atoms with Gasteiger partial charge in [0.2, 0.25) is 0 Å². The molecule has 7 heteroatoms. The van der Waals surface area contributed by atoms with Crippen molar-refractivity contribution in [2.45, 2.75) is 123 Å². The van der Waals surface area contributed by atoms with Crippen LogP contribution in [-0.4, -0.2) is 69.1 Å². The minimum absolute atomic E-state index is 0.0482. The van der Waals surface area contributed by atoms with E-state index in [0.29, 0.717) is 53.4 Å². The summed E-state index contributed by atoms with van der Waals surface area (Å²) in [5, 5.41) is 4.18. The number of hydrogen-bond donors (Lipinski definition) is 1. The molecule has 0 aromatic rings. The van der Waals surface area contributed by atoms with E-state index in [-0.39, 0.29) is 16.9 Å². The molecule has 1 N–H and O–H groups in total. The Balaban J connectivity index is 0.979. The fraction of sp³-hybridized carbons (Fsp3) is 0.875. The van der Waals surface area contributed by atoms with E-state index < -0.39 is 9.84 Å². The molecule has 262 valence electrons. The fourth-order valence-electron chi connectivity index (χ4n) is 14.1. The highest BCUT2D eigenvalue weighted by Gasteiger charge is 2.68. The molecule has 2 aliphatic heterocycles. The molecule has 47 heavy (non-hydrogen) atoms. The first-order chi connectivity index (χ1) is 22.3. The maximum Gasteiger partial charge on any atom is 0.312 e. The van der Waals surface area contributed by atoms with Gasteiger partial charge < -0.3 is 15.0 Å². The van der Waals surface area contributed by atoms with Gasteiger partial charge in [0.25, 0.3) is 0 Å². The molecule has 2 heterocycles. The average Bonchev–Trinajstić information content (AvgIpc) is 3.62. The van der Waals surface area contributed by atoms with E-state index in [1.54, 1.807) is 5.57 Å². The van der Waals surface area contributed by atoms with Crippen molar-refractivity contribution in [3.63, 3.8) is 0 Å². The largest absolute Gasteiger partial charge is 0.465 e. The molecule has 0 aromatic carbocycles. The number of rotatable bonds is 5. The third-order valence-electron chi connectivity index (χ3n) is 17.1. The Morgan fingerprint density at radius 1 is 0.872 bits per heavy atom. The molecule has 2 saturated heterocycles. The maximum absolute atomic E-state index is 12.5. The van der Waals surface area contributed by atoms with Gasteiger partial charge in [-0.2, -0.15) is 0 Å². The molecule has 0 bridgehead atoms. The zero-order valence-corrected chi connectivity index (χ0v) is 30.7. The number of esters is 1. The predicted molar refractivity (Wildman–Crippen MR) is 187 cm³/mol. The number of hydrogen-bond acceptors (Lipinski definition) is 6. The molecule has 4 saturated carbocycles. The Hall–Kier alpha value is -1.18. The van der Waals surface area contributed by atoms with Gasteiger partial charge in [0.1, 0.15) is 0 Å². The van der Waals surface area contributed by atoms with Gasteiger partial charge in [-0.15, -0.1) is 0 Å². The first kappa shape index (κ1) is 33.0. The molecule has 0 amide bonds. The van der Waals surface area contributed by atoms with E-state index in [4.69, 9.17) is 4.74 Å². The van der Waals surface area contributed by atoms with Crippen LogP contribution in [0.5, 0.6) is 0 Å². The second-order valence-corrected chi connectivity index (χ2v) is 20.9. The average molecular weight is 667 g/mol. The van der Waals surface area contributed by atoms with Crippen LogP contribution < -0.4 is 5.32 Å². The third kappa shape index (κ3) is 4.95. The van der Waals surface area contributed by atoms with Crippen LogP contribution in [0.1, 0.15) is 118 Å². The van der Waals surface area contributed by atoms with E-state index >= 15 is 0 Å². The summed E-state index contributed by atoms with van der Waals surface area (Å²) >= 11 is 0. The van der Waals surface area contributed by atoms with Crippen LogP contribution in [0.25, 0.3) is 0 Å². The Morgan fingerprint density at radius 3 is 2.40 bits per heavy atom. The fourth-order valence-corrected chi connectivity index (χ4v) is 15.4. The number of nitrogens with one attached hydrogen (secondary N) is 1. The summed E-state index contributed by atoms with van der Waals surface area (Å²) in [6, 6.07) is 0. The molecule has 0 radical (unpaired) electrons. The molecule has 9 unspecified atom stereocenters. The van der Waals surface area contributed by atoms with Gasteiger partial charge in [-0.25, -0.2) is 8.42 Å². The molecule has 8 rings (SSSR count). The molecule has 6 nitrogen and oxygen atoms in total. The number of carbonyl (C=O) groups excluding carboxylic acids is 1. The lowest BCUT2D eigenvalue weighted by Gasteiger charge is -2.71. The lowest BCUT2D eigenvalue weighted by Crippen LogP contribution is -2.67. The van der Waals surface area contributed by atoms with E-state index in [1.165, 1.54) is 69.8 Å². The molecular weight excluding hydrogens is 605 g/mol. The summed E-state index contributed by atoms with van der Waals surface area (Å²) in [6.07, 6.45) is 22.3. The molecule has 6 aliphatic carbocycles. The highest BCUT2D eigenvalue weighted by Crippen LogP contribution is 2.75. The van der Waals surface area contributed by atoms with Gasteiger partial charge in [-0.1, -0.05) is 46.3 Å².